The standard InChI is InChI=1S/C17H30N2O4/c1-16(2,3)23-15(20)19-8-6-17(12-19)14(18-7-11-22-17)13-4-9-21-10-5-13/h13-14,18H,4-12H2,1-3H3. The van der Waals surface area contributed by atoms with Crippen molar-refractivity contribution in [3.05, 3.63) is 0 Å². The maximum Gasteiger partial charge on any atom is 0.410 e. The van der Waals surface area contributed by atoms with Crippen LogP contribution in [0.4, 0.5) is 4.79 Å². The molecule has 0 aromatic carbocycles. The molecule has 1 N–H and O–H groups in total. The van der Waals surface area contributed by atoms with Crippen LogP contribution in [0.5, 0.6) is 0 Å². The minimum atomic E-state index is -0.460. The van der Waals surface area contributed by atoms with Gasteiger partial charge in [0.25, 0.3) is 0 Å². The maximum absolute atomic E-state index is 12.4. The summed E-state index contributed by atoms with van der Waals surface area (Å²) in [6, 6.07) is 0.299. The molecule has 2 atom stereocenters. The molecule has 2 unspecified atom stereocenters. The van der Waals surface area contributed by atoms with E-state index in [-0.39, 0.29) is 11.7 Å². The smallest absolute Gasteiger partial charge is 0.410 e. The minimum absolute atomic E-state index is 0.228. The molecule has 6 heteroatoms. The Labute approximate surface area is 138 Å². The van der Waals surface area contributed by atoms with Crippen molar-refractivity contribution in [1.82, 2.24) is 10.2 Å². The Morgan fingerprint density at radius 3 is 2.70 bits per heavy atom. The molecule has 3 aliphatic heterocycles. The summed E-state index contributed by atoms with van der Waals surface area (Å²) in [7, 11) is 0. The van der Waals surface area contributed by atoms with Crippen LogP contribution in [0.2, 0.25) is 0 Å². The number of hydrogen-bond donors (Lipinski definition) is 1. The number of carbonyl (C=O) groups excluding carboxylic acids is 1. The van der Waals surface area contributed by atoms with Crippen LogP contribution >= 0.6 is 0 Å². The van der Waals surface area contributed by atoms with Gasteiger partial charge in [0.05, 0.1) is 13.2 Å². The largest absolute Gasteiger partial charge is 0.444 e. The molecule has 0 bridgehead atoms. The number of hydrogen-bond acceptors (Lipinski definition) is 5. The third kappa shape index (κ3) is 3.80. The number of carbonyl (C=O) groups is 1. The zero-order valence-electron chi connectivity index (χ0n) is 14.6. The predicted octanol–water partition coefficient (Wildman–Crippen LogP) is 1.78. The topological polar surface area (TPSA) is 60.0 Å². The van der Waals surface area contributed by atoms with E-state index in [0.29, 0.717) is 31.7 Å². The van der Waals surface area contributed by atoms with Gasteiger partial charge in [-0.3, -0.25) is 0 Å². The Kier molecular flexibility index (Phi) is 4.85. The Bertz CT molecular complexity index is 431. The van der Waals surface area contributed by atoms with Gasteiger partial charge in [-0.1, -0.05) is 0 Å². The normalized spacial score (nSPS) is 33.2. The quantitative estimate of drug-likeness (QED) is 0.796. The first-order chi connectivity index (χ1) is 10.9. The lowest BCUT2D eigenvalue weighted by molar-refractivity contribution is -0.112. The van der Waals surface area contributed by atoms with Crippen LogP contribution in [0, 0.1) is 5.92 Å². The number of amides is 1. The highest BCUT2D eigenvalue weighted by atomic mass is 16.6. The van der Waals surface area contributed by atoms with Crippen LogP contribution in [-0.4, -0.2) is 67.7 Å². The van der Waals surface area contributed by atoms with Crippen molar-refractivity contribution in [2.24, 2.45) is 5.92 Å². The van der Waals surface area contributed by atoms with Gasteiger partial charge >= 0.3 is 6.09 Å². The third-order valence-corrected chi connectivity index (χ3v) is 5.08. The molecule has 1 amide bonds. The van der Waals surface area contributed by atoms with Gasteiger partial charge < -0.3 is 24.4 Å². The van der Waals surface area contributed by atoms with Crippen LogP contribution in [0.1, 0.15) is 40.0 Å². The highest BCUT2D eigenvalue weighted by Crippen LogP contribution is 2.37. The zero-order chi connectivity index (χ0) is 16.5. The number of ether oxygens (including phenoxy) is 3. The zero-order valence-corrected chi connectivity index (χ0v) is 14.6. The summed E-state index contributed by atoms with van der Waals surface area (Å²) in [6.45, 7) is 10.3. The summed E-state index contributed by atoms with van der Waals surface area (Å²) in [4.78, 5) is 14.2. The van der Waals surface area contributed by atoms with Gasteiger partial charge in [0.2, 0.25) is 0 Å². The molecule has 0 aromatic heterocycles. The monoisotopic (exact) mass is 326 g/mol. The predicted molar refractivity (Wildman–Crippen MR) is 86.4 cm³/mol. The highest BCUT2D eigenvalue weighted by molar-refractivity contribution is 5.68. The summed E-state index contributed by atoms with van der Waals surface area (Å²) in [5.74, 6) is 0.558. The first-order valence-corrected chi connectivity index (χ1v) is 8.83. The van der Waals surface area contributed by atoms with Crippen molar-refractivity contribution < 1.29 is 19.0 Å². The lowest BCUT2D eigenvalue weighted by Gasteiger charge is -2.46. The first kappa shape index (κ1) is 17.0. The number of nitrogens with zero attached hydrogens (tertiary/aromatic N) is 1. The first-order valence-electron chi connectivity index (χ1n) is 8.83. The molecule has 132 valence electrons. The molecular weight excluding hydrogens is 296 g/mol. The molecule has 3 fully saturated rings. The number of nitrogens with one attached hydrogen (secondary N) is 1. The lowest BCUT2D eigenvalue weighted by Crippen LogP contribution is -2.63. The average Bonchev–Trinajstić information content (AvgIpc) is 2.92. The Morgan fingerprint density at radius 1 is 1.26 bits per heavy atom. The van der Waals surface area contributed by atoms with E-state index in [1.165, 1.54) is 0 Å². The van der Waals surface area contributed by atoms with E-state index in [9.17, 15) is 4.79 Å². The van der Waals surface area contributed by atoms with E-state index in [0.717, 1.165) is 39.0 Å². The Morgan fingerprint density at radius 2 is 2.00 bits per heavy atom. The van der Waals surface area contributed by atoms with Crippen LogP contribution in [0.3, 0.4) is 0 Å². The van der Waals surface area contributed by atoms with Gasteiger partial charge in [0.1, 0.15) is 11.2 Å². The number of likely N-dealkylation sites (tertiary alicyclic amines) is 1. The highest BCUT2D eigenvalue weighted by Gasteiger charge is 2.51. The van der Waals surface area contributed by atoms with Gasteiger partial charge in [0, 0.05) is 32.3 Å². The second-order valence-electron chi connectivity index (χ2n) is 7.95. The summed E-state index contributed by atoms with van der Waals surface area (Å²) < 4.78 is 17.3. The molecule has 3 saturated heterocycles. The second-order valence-corrected chi connectivity index (χ2v) is 7.95. The van der Waals surface area contributed by atoms with Crippen molar-refractivity contribution in [2.45, 2.75) is 57.3 Å². The van der Waals surface area contributed by atoms with E-state index in [2.05, 4.69) is 5.32 Å². The molecule has 3 aliphatic rings. The number of rotatable bonds is 1. The van der Waals surface area contributed by atoms with E-state index < -0.39 is 5.60 Å². The SMILES string of the molecule is CC(C)(C)OC(=O)N1CCC2(C1)OCCNC2C1CCOCC1. The molecule has 0 saturated carbocycles. The summed E-state index contributed by atoms with van der Waals surface area (Å²) in [5, 5.41) is 3.67. The van der Waals surface area contributed by atoms with Gasteiger partial charge in [-0.15, -0.1) is 0 Å². The van der Waals surface area contributed by atoms with E-state index in [1.807, 2.05) is 25.7 Å². The fourth-order valence-electron chi connectivity index (χ4n) is 4.05. The fraction of sp³-hybridized carbons (Fsp3) is 0.941. The van der Waals surface area contributed by atoms with Gasteiger partial charge in [-0.2, -0.15) is 0 Å². The van der Waals surface area contributed by atoms with Crippen molar-refractivity contribution in [3.8, 4) is 0 Å². The molecule has 0 aromatic rings. The summed E-state index contributed by atoms with van der Waals surface area (Å²) in [6.07, 6.45) is 2.78. The third-order valence-electron chi connectivity index (χ3n) is 5.08. The van der Waals surface area contributed by atoms with Crippen molar-refractivity contribution in [2.75, 3.05) is 39.5 Å². The van der Waals surface area contributed by atoms with Gasteiger partial charge in [-0.25, -0.2) is 4.79 Å². The second kappa shape index (κ2) is 6.57. The van der Waals surface area contributed by atoms with E-state index in [4.69, 9.17) is 14.2 Å². The van der Waals surface area contributed by atoms with Crippen molar-refractivity contribution >= 4 is 6.09 Å². The number of morpholine rings is 1. The van der Waals surface area contributed by atoms with Crippen LogP contribution in [0.25, 0.3) is 0 Å². The molecule has 0 radical (unpaired) electrons. The summed E-state index contributed by atoms with van der Waals surface area (Å²) >= 11 is 0. The van der Waals surface area contributed by atoms with Gasteiger partial charge in [-0.05, 0) is 46.0 Å². The van der Waals surface area contributed by atoms with E-state index >= 15 is 0 Å². The molecule has 23 heavy (non-hydrogen) atoms. The van der Waals surface area contributed by atoms with Crippen molar-refractivity contribution in [3.63, 3.8) is 0 Å². The average molecular weight is 326 g/mol. The molecular formula is C17H30N2O4. The Balaban J connectivity index is 1.68. The Hall–Kier alpha value is -0.850. The van der Waals surface area contributed by atoms with E-state index in [1.54, 1.807) is 0 Å². The summed E-state index contributed by atoms with van der Waals surface area (Å²) in [5.41, 5.74) is -0.726. The molecule has 3 rings (SSSR count). The molecule has 0 aliphatic carbocycles. The lowest BCUT2D eigenvalue weighted by atomic mass is 9.79. The van der Waals surface area contributed by atoms with Crippen LogP contribution in [-0.2, 0) is 14.2 Å². The molecule has 6 nitrogen and oxygen atoms in total. The van der Waals surface area contributed by atoms with Gasteiger partial charge in [0.15, 0.2) is 0 Å². The fourth-order valence-corrected chi connectivity index (χ4v) is 4.05. The minimum Gasteiger partial charge on any atom is -0.444 e. The van der Waals surface area contributed by atoms with Crippen LogP contribution < -0.4 is 5.32 Å². The molecule has 1 spiro atoms. The maximum atomic E-state index is 12.4. The van der Waals surface area contributed by atoms with Crippen molar-refractivity contribution in [1.29, 1.82) is 0 Å². The van der Waals surface area contributed by atoms with Crippen LogP contribution in [0.15, 0.2) is 0 Å². The molecule has 3 heterocycles.